The summed E-state index contributed by atoms with van der Waals surface area (Å²) in [6.45, 7) is 2.20. The van der Waals surface area contributed by atoms with Crippen molar-refractivity contribution < 1.29 is 17.6 Å². The van der Waals surface area contributed by atoms with Gasteiger partial charge in [-0.25, -0.2) is 12.8 Å². The smallest absolute Gasteiger partial charge is 0.272 e. The molecule has 1 amide bonds. The average Bonchev–Trinajstić information content (AvgIpc) is 3.15. The molecule has 0 radical (unpaired) electrons. The number of piperazine rings is 1. The highest BCUT2D eigenvalue weighted by Gasteiger charge is 2.27. The Kier molecular flexibility index (Phi) is 5.12. The molecule has 2 heterocycles. The maximum absolute atomic E-state index is 13.8. The van der Waals surface area contributed by atoms with Crippen LogP contribution < -0.4 is 5.32 Å². The number of carbonyl (C=O) groups is 1. The van der Waals surface area contributed by atoms with Crippen LogP contribution in [-0.2, 0) is 10.0 Å². The van der Waals surface area contributed by atoms with Crippen molar-refractivity contribution in [1.29, 1.82) is 0 Å². The van der Waals surface area contributed by atoms with E-state index < -0.39 is 21.7 Å². The number of aromatic amines is 1. The standard InChI is InChI=1S/C20H21FN4O3S/c1-24-8-10-25(11-9-24)29(27,28)15-5-2-4-14(12-15)22-20(26)19-13-16-17(21)6-3-7-18(16)23-19/h2-7,12-13,23H,8-11H2,1H3,(H,22,26). The number of hydrogen-bond donors (Lipinski definition) is 2. The number of fused-ring (bicyclic) bond motifs is 1. The SMILES string of the molecule is CN1CCN(S(=O)(=O)c2cccc(NC(=O)c3cc4c(F)cccc4[nH]3)c2)CC1. The van der Waals surface area contributed by atoms with E-state index in [0.29, 0.717) is 42.8 Å². The normalized spacial score (nSPS) is 16.2. The van der Waals surface area contributed by atoms with Gasteiger partial charge in [-0.1, -0.05) is 12.1 Å². The van der Waals surface area contributed by atoms with E-state index in [1.165, 1.54) is 28.6 Å². The van der Waals surface area contributed by atoms with Crippen molar-refractivity contribution in [2.75, 3.05) is 38.5 Å². The largest absolute Gasteiger partial charge is 0.350 e. The number of carbonyl (C=O) groups excluding carboxylic acids is 1. The first-order chi connectivity index (χ1) is 13.8. The number of benzene rings is 2. The Hall–Kier alpha value is -2.75. The van der Waals surface area contributed by atoms with E-state index in [1.807, 2.05) is 7.05 Å². The van der Waals surface area contributed by atoms with Gasteiger partial charge in [0.15, 0.2) is 0 Å². The molecule has 7 nitrogen and oxygen atoms in total. The molecule has 1 aliphatic heterocycles. The lowest BCUT2D eigenvalue weighted by Gasteiger charge is -2.31. The van der Waals surface area contributed by atoms with Crippen LogP contribution in [0.25, 0.3) is 10.9 Å². The Morgan fingerprint density at radius 2 is 1.79 bits per heavy atom. The Morgan fingerprint density at radius 1 is 1.07 bits per heavy atom. The predicted molar refractivity (Wildman–Crippen MR) is 109 cm³/mol. The number of anilines is 1. The lowest BCUT2D eigenvalue weighted by Crippen LogP contribution is -2.47. The number of rotatable bonds is 4. The van der Waals surface area contributed by atoms with E-state index in [-0.39, 0.29) is 10.6 Å². The molecule has 2 aromatic carbocycles. The number of hydrogen-bond acceptors (Lipinski definition) is 4. The summed E-state index contributed by atoms with van der Waals surface area (Å²) in [5.74, 6) is -0.896. The first-order valence-corrected chi connectivity index (χ1v) is 10.7. The summed E-state index contributed by atoms with van der Waals surface area (Å²) in [7, 11) is -1.68. The molecule has 9 heteroatoms. The fraction of sp³-hybridized carbons (Fsp3) is 0.250. The molecule has 29 heavy (non-hydrogen) atoms. The van der Waals surface area contributed by atoms with E-state index >= 15 is 0 Å². The predicted octanol–water partition coefficient (Wildman–Crippen LogP) is 2.50. The highest BCUT2D eigenvalue weighted by Crippen LogP contribution is 2.22. The zero-order valence-corrected chi connectivity index (χ0v) is 16.7. The minimum absolute atomic E-state index is 0.127. The molecule has 1 fully saturated rings. The van der Waals surface area contributed by atoms with Crippen molar-refractivity contribution in [3.8, 4) is 0 Å². The van der Waals surface area contributed by atoms with Crippen molar-refractivity contribution in [2.24, 2.45) is 0 Å². The van der Waals surface area contributed by atoms with Gasteiger partial charge < -0.3 is 15.2 Å². The Labute approximate surface area is 168 Å². The minimum atomic E-state index is -3.64. The van der Waals surface area contributed by atoms with E-state index in [9.17, 15) is 17.6 Å². The molecule has 1 aliphatic rings. The molecule has 152 valence electrons. The number of nitrogens with one attached hydrogen (secondary N) is 2. The summed E-state index contributed by atoms with van der Waals surface area (Å²) in [5, 5.41) is 3.00. The fourth-order valence-electron chi connectivity index (χ4n) is 3.35. The first kappa shape index (κ1) is 19.6. The van der Waals surface area contributed by atoms with Crippen LogP contribution in [0.15, 0.2) is 53.4 Å². The highest BCUT2D eigenvalue weighted by molar-refractivity contribution is 7.89. The van der Waals surface area contributed by atoms with Crippen molar-refractivity contribution in [3.63, 3.8) is 0 Å². The van der Waals surface area contributed by atoms with Crippen LogP contribution in [0.1, 0.15) is 10.5 Å². The Morgan fingerprint density at radius 3 is 2.52 bits per heavy atom. The molecule has 0 aliphatic carbocycles. The van der Waals surface area contributed by atoms with Gasteiger partial charge >= 0.3 is 0 Å². The molecule has 2 N–H and O–H groups in total. The van der Waals surface area contributed by atoms with Gasteiger partial charge in [0, 0.05) is 42.8 Å². The third-order valence-electron chi connectivity index (χ3n) is 5.05. The van der Waals surface area contributed by atoms with E-state index in [4.69, 9.17) is 0 Å². The second kappa shape index (κ2) is 7.58. The zero-order chi connectivity index (χ0) is 20.6. The van der Waals surface area contributed by atoms with Gasteiger partial charge in [-0.15, -0.1) is 0 Å². The summed E-state index contributed by atoms with van der Waals surface area (Å²) in [5.41, 5.74) is 1.06. The number of likely N-dealkylation sites (N-methyl/N-ethyl adjacent to an activating group) is 1. The lowest BCUT2D eigenvalue weighted by molar-refractivity contribution is 0.102. The molecule has 0 atom stereocenters. The van der Waals surface area contributed by atoms with Gasteiger partial charge in [-0.3, -0.25) is 4.79 Å². The van der Waals surface area contributed by atoms with Crippen molar-refractivity contribution in [3.05, 3.63) is 60.0 Å². The molecule has 4 rings (SSSR count). The van der Waals surface area contributed by atoms with Crippen LogP contribution in [-0.4, -0.2) is 61.7 Å². The van der Waals surface area contributed by atoms with Crippen molar-refractivity contribution in [2.45, 2.75) is 4.90 Å². The summed E-state index contributed by atoms with van der Waals surface area (Å²) in [4.78, 5) is 17.6. The molecule has 1 aromatic heterocycles. The number of sulfonamides is 1. The molecule has 0 bridgehead atoms. The molecular weight excluding hydrogens is 395 g/mol. The van der Waals surface area contributed by atoms with Gasteiger partial charge in [-0.05, 0) is 43.4 Å². The first-order valence-electron chi connectivity index (χ1n) is 9.22. The van der Waals surface area contributed by atoms with Gasteiger partial charge in [0.05, 0.1) is 4.90 Å². The maximum atomic E-state index is 13.8. The number of halogens is 1. The van der Waals surface area contributed by atoms with E-state index in [2.05, 4.69) is 15.2 Å². The average molecular weight is 416 g/mol. The van der Waals surface area contributed by atoms with Gasteiger partial charge in [0.1, 0.15) is 11.5 Å². The number of aromatic nitrogens is 1. The highest BCUT2D eigenvalue weighted by atomic mass is 32.2. The molecule has 0 unspecified atom stereocenters. The van der Waals surface area contributed by atoms with Crippen molar-refractivity contribution >= 4 is 32.5 Å². The van der Waals surface area contributed by atoms with Crippen LogP contribution in [0.4, 0.5) is 10.1 Å². The van der Waals surface area contributed by atoms with Gasteiger partial charge in [0.25, 0.3) is 5.91 Å². The third kappa shape index (κ3) is 3.89. The summed E-state index contributed by atoms with van der Waals surface area (Å²) >= 11 is 0. The quantitative estimate of drug-likeness (QED) is 0.684. The maximum Gasteiger partial charge on any atom is 0.272 e. The fourth-order valence-corrected chi connectivity index (χ4v) is 4.82. The second-order valence-electron chi connectivity index (χ2n) is 7.07. The third-order valence-corrected chi connectivity index (χ3v) is 6.94. The number of nitrogens with zero attached hydrogens (tertiary/aromatic N) is 2. The van der Waals surface area contributed by atoms with Crippen LogP contribution in [0.3, 0.4) is 0 Å². The summed E-state index contributed by atoms with van der Waals surface area (Å²) in [6.07, 6.45) is 0. The molecular formula is C20H21FN4O3S. The Bertz CT molecular complexity index is 1170. The topological polar surface area (TPSA) is 85.5 Å². The van der Waals surface area contributed by atoms with Gasteiger partial charge in [-0.2, -0.15) is 4.31 Å². The second-order valence-corrected chi connectivity index (χ2v) is 9.01. The minimum Gasteiger partial charge on any atom is -0.350 e. The van der Waals surface area contributed by atoms with Crippen LogP contribution >= 0.6 is 0 Å². The molecule has 3 aromatic rings. The van der Waals surface area contributed by atoms with Crippen LogP contribution in [0.5, 0.6) is 0 Å². The van der Waals surface area contributed by atoms with Gasteiger partial charge in [0.2, 0.25) is 10.0 Å². The number of amides is 1. The Balaban J connectivity index is 1.55. The van der Waals surface area contributed by atoms with Crippen LogP contribution in [0, 0.1) is 5.82 Å². The summed E-state index contributed by atoms with van der Waals surface area (Å²) in [6, 6.07) is 12.2. The van der Waals surface area contributed by atoms with Crippen molar-refractivity contribution in [1.82, 2.24) is 14.2 Å². The van der Waals surface area contributed by atoms with Crippen LogP contribution in [0.2, 0.25) is 0 Å². The monoisotopic (exact) mass is 416 g/mol. The number of H-pyrrole nitrogens is 1. The molecule has 0 spiro atoms. The van der Waals surface area contributed by atoms with E-state index in [1.54, 1.807) is 24.3 Å². The molecule has 0 saturated carbocycles. The molecule has 1 saturated heterocycles. The van der Waals surface area contributed by atoms with E-state index in [0.717, 1.165) is 0 Å². The zero-order valence-electron chi connectivity index (χ0n) is 15.9. The lowest BCUT2D eigenvalue weighted by atomic mass is 10.2. The summed E-state index contributed by atoms with van der Waals surface area (Å²) < 4.78 is 41.1.